The monoisotopic (exact) mass is 335 g/mol. The van der Waals surface area contributed by atoms with Crippen LogP contribution in [0.15, 0.2) is 24.3 Å². The van der Waals surface area contributed by atoms with Crippen molar-refractivity contribution >= 4 is 5.91 Å². The molecule has 2 rings (SSSR count). The minimum Gasteiger partial charge on any atom is -0.497 e. The Hall–Kier alpha value is -1.59. The average Bonchev–Trinajstić information content (AvgIpc) is 2.65. The van der Waals surface area contributed by atoms with Crippen LogP contribution in [0.1, 0.15) is 38.7 Å². The maximum Gasteiger partial charge on any atom is 0.231 e. The number of hydrogen-bond donors (Lipinski definition) is 2. The molecule has 5 heteroatoms. The highest BCUT2D eigenvalue weighted by atomic mass is 16.5. The SMILES string of the molecule is CCC(C)C(CO)NC(=O)C1(c2ccc(OC)cc2)CCOCC1. The van der Waals surface area contributed by atoms with Gasteiger partial charge in [0.15, 0.2) is 0 Å². The normalized spacial score (nSPS) is 19.3. The molecule has 5 nitrogen and oxygen atoms in total. The van der Waals surface area contributed by atoms with E-state index in [9.17, 15) is 9.90 Å². The van der Waals surface area contributed by atoms with Gasteiger partial charge in [0.25, 0.3) is 0 Å². The number of nitrogens with one attached hydrogen (secondary N) is 1. The predicted octanol–water partition coefficient (Wildman–Crippen LogP) is 2.27. The van der Waals surface area contributed by atoms with E-state index >= 15 is 0 Å². The van der Waals surface area contributed by atoms with Crippen molar-refractivity contribution in [2.75, 3.05) is 26.9 Å². The van der Waals surface area contributed by atoms with Crippen LogP contribution in [0.25, 0.3) is 0 Å². The van der Waals surface area contributed by atoms with Crippen molar-refractivity contribution in [3.8, 4) is 5.75 Å². The molecule has 1 saturated heterocycles. The lowest BCUT2D eigenvalue weighted by molar-refractivity contribution is -0.132. The molecule has 0 saturated carbocycles. The summed E-state index contributed by atoms with van der Waals surface area (Å²) in [4.78, 5) is 13.2. The van der Waals surface area contributed by atoms with Gasteiger partial charge in [0.2, 0.25) is 5.91 Å². The highest BCUT2D eigenvalue weighted by molar-refractivity contribution is 5.88. The lowest BCUT2D eigenvalue weighted by atomic mass is 9.73. The summed E-state index contributed by atoms with van der Waals surface area (Å²) in [5, 5.41) is 12.7. The number of ether oxygens (including phenoxy) is 2. The van der Waals surface area contributed by atoms with Gasteiger partial charge in [-0.15, -0.1) is 0 Å². The quantitative estimate of drug-likeness (QED) is 0.802. The molecule has 1 aromatic rings. The molecule has 134 valence electrons. The van der Waals surface area contributed by atoms with Gasteiger partial charge in [0, 0.05) is 13.2 Å². The smallest absolute Gasteiger partial charge is 0.231 e. The molecule has 2 unspecified atom stereocenters. The van der Waals surface area contributed by atoms with Crippen LogP contribution in [0.5, 0.6) is 5.75 Å². The van der Waals surface area contributed by atoms with E-state index in [2.05, 4.69) is 12.2 Å². The fourth-order valence-corrected chi connectivity index (χ4v) is 3.24. The van der Waals surface area contributed by atoms with E-state index in [1.54, 1.807) is 7.11 Å². The van der Waals surface area contributed by atoms with Crippen molar-refractivity contribution in [3.05, 3.63) is 29.8 Å². The first-order chi connectivity index (χ1) is 11.6. The van der Waals surface area contributed by atoms with Gasteiger partial charge >= 0.3 is 0 Å². The number of rotatable bonds is 7. The molecule has 1 amide bonds. The summed E-state index contributed by atoms with van der Waals surface area (Å²) >= 11 is 0. The van der Waals surface area contributed by atoms with Gasteiger partial charge in [0.05, 0.1) is 25.2 Å². The third kappa shape index (κ3) is 3.90. The Bertz CT molecular complexity index is 523. The van der Waals surface area contributed by atoms with Crippen LogP contribution in [0.4, 0.5) is 0 Å². The van der Waals surface area contributed by atoms with Crippen LogP contribution in [0, 0.1) is 5.92 Å². The lowest BCUT2D eigenvalue weighted by Crippen LogP contribution is -2.53. The highest BCUT2D eigenvalue weighted by Crippen LogP contribution is 2.36. The number of aliphatic hydroxyl groups is 1. The van der Waals surface area contributed by atoms with Crippen molar-refractivity contribution in [2.45, 2.75) is 44.6 Å². The molecule has 1 heterocycles. The minimum absolute atomic E-state index is 0.0182. The molecule has 0 aliphatic carbocycles. The van der Waals surface area contributed by atoms with Crippen molar-refractivity contribution in [3.63, 3.8) is 0 Å². The molecule has 1 aliphatic rings. The Kier molecular flexibility index (Phi) is 6.63. The zero-order chi connectivity index (χ0) is 17.6. The van der Waals surface area contributed by atoms with Crippen LogP contribution < -0.4 is 10.1 Å². The third-order valence-corrected chi connectivity index (χ3v) is 5.27. The Morgan fingerprint density at radius 3 is 2.46 bits per heavy atom. The second-order valence-electron chi connectivity index (χ2n) is 6.57. The zero-order valence-electron chi connectivity index (χ0n) is 14.9. The second-order valence-corrected chi connectivity index (χ2v) is 6.57. The molecule has 2 N–H and O–H groups in total. The maximum atomic E-state index is 13.2. The highest BCUT2D eigenvalue weighted by Gasteiger charge is 2.42. The maximum absolute atomic E-state index is 13.2. The van der Waals surface area contributed by atoms with E-state index in [4.69, 9.17) is 9.47 Å². The summed E-state index contributed by atoms with van der Waals surface area (Å²) in [6.07, 6.45) is 2.19. The molecule has 0 spiro atoms. The van der Waals surface area contributed by atoms with Crippen LogP contribution in [-0.2, 0) is 14.9 Å². The number of methoxy groups -OCH3 is 1. The number of aliphatic hydroxyl groups excluding tert-OH is 1. The summed E-state index contributed by atoms with van der Waals surface area (Å²) in [5.41, 5.74) is 0.371. The molecule has 2 atom stereocenters. The van der Waals surface area contributed by atoms with Crippen LogP contribution in [0.3, 0.4) is 0 Å². The zero-order valence-corrected chi connectivity index (χ0v) is 14.9. The first-order valence-corrected chi connectivity index (χ1v) is 8.71. The largest absolute Gasteiger partial charge is 0.497 e. The lowest BCUT2D eigenvalue weighted by Gasteiger charge is -2.38. The van der Waals surface area contributed by atoms with Crippen LogP contribution >= 0.6 is 0 Å². The van der Waals surface area contributed by atoms with Gasteiger partial charge in [-0.1, -0.05) is 32.4 Å². The van der Waals surface area contributed by atoms with E-state index in [0.29, 0.717) is 26.1 Å². The van der Waals surface area contributed by atoms with Gasteiger partial charge in [-0.25, -0.2) is 0 Å². The summed E-state index contributed by atoms with van der Waals surface area (Å²) in [5.74, 6) is 0.983. The first-order valence-electron chi connectivity index (χ1n) is 8.71. The number of benzene rings is 1. The summed E-state index contributed by atoms with van der Waals surface area (Å²) in [6.45, 7) is 5.19. The molecule has 24 heavy (non-hydrogen) atoms. The fourth-order valence-electron chi connectivity index (χ4n) is 3.24. The molecular weight excluding hydrogens is 306 g/mol. The summed E-state index contributed by atoms with van der Waals surface area (Å²) < 4.78 is 10.7. The van der Waals surface area contributed by atoms with Crippen molar-refractivity contribution < 1.29 is 19.4 Å². The fraction of sp³-hybridized carbons (Fsp3) is 0.632. The topological polar surface area (TPSA) is 67.8 Å². The number of amides is 1. The van der Waals surface area contributed by atoms with E-state index in [0.717, 1.165) is 17.7 Å². The van der Waals surface area contributed by atoms with Gasteiger partial charge in [-0.3, -0.25) is 4.79 Å². The standard InChI is InChI=1S/C19H29NO4/c1-4-14(2)17(13-21)20-18(22)19(9-11-24-12-10-19)15-5-7-16(23-3)8-6-15/h5-8,14,17,21H,4,9-13H2,1-3H3,(H,20,22). The van der Waals surface area contributed by atoms with Crippen molar-refractivity contribution in [1.82, 2.24) is 5.32 Å². The van der Waals surface area contributed by atoms with Crippen molar-refractivity contribution in [1.29, 1.82) is 0 Å². The van der Waals surface area contributed by atoms with E-state index in [1.807, 2.05) is 31.2 Å². The molecule has 0 aromatic heterocycles. The Morgan fingerprint density at radius 2 is 1.96 bits per heavy atom. The molecule has 1 aliphatic heterocycles. The summed E-state index contributed by atoms with van der Waals surface area (Å²) in [6, 6.07) is 7.47. The van der Waals surface area contributed by atoms with Crippen LogP contribution in [-0.4, -0.2) is 44.0 Å². The van der Waals surface area contributed by atoms with Crippen LogP contribution in [0.2, 0.25) is 0 Å². The first kappa shape index (κ1) is 18.7. The van der Waals surface area contributed by atoms with Gasteiger partial charge in [-0.2, -0.15) is 0 Å². The van der Waals surface area contributed by atoms with Gasteiger partial charge < -0.3 is 19.9 Å². The van der Waals surface area contributed by atoms with E-state index < -0.39 is 5.41 Å². The van der Waals surface area contributed by atoms with Gasteiger partial charge in [0.1, 0.15) is 5.75 Å². The number of carbonyl (C=O) groups is 1. The van der Waals surface area contributed by atoms with Gasteiger partial charge in [-0.05, 0) is 36.5 Å². The average molecular weight is 335 g/mol. The Morgan fingerprint density at radius 1 is 1.33 bits per heavy atom. The molecule has 0 radical (unpaired) electrons. The Balaban J connectivity index is 2.27. The second kappa shape index (κ2) is 8.49. The Labute approximate surface area is 144 Å². The third-order valence-electron chi connectivity index (χ3n) is 5.27. The molecule has 1 fully saturated rings. The van der Waals surface area contributed by atoms with E-state index in [-0.39, 0.29) is 24.5 Å². The summed E-state index contributed by atoms with van der Waals surface area (Å²) in [7, 11) is 1.63. The molecular formula is C19H29NO4. The predicted molar refractivity (Wildman–Crippen MR) is 93.2 cm³/mol. The molecule has 0 bridgehead atoms. The van der Waals surface area contributed by atoms with E-state index in [1.165, 1.54) is 0 Å². The minimum atomic E-state index is -0.606. The van der Waals surface area contributed by atoms with Crippen molar-refractivity contribution in [2.24, 2.45) is 5.92 Å². The number of hydrogen-bond acceptors (Lipinski definition) is 4. The number of carbonyl (C=O) groups excluding carboxylic acids is 1. The molecule has 1 aromatic carbocycles.